The largest absolute Gasteiger partial charge is 0.387 e. The maximum absolute atomic E-state index is 12.7. The minimum atomic E-state index is -0.965. The van der Waals surface area contributed by atoms with Crippen LogP contribution in [0.1, 0.15) is 25.0 Å². The van der Waals surface area contributed by atoms with Crippen LogP contribution in [-0.2, 0) is 0 Å². The predicted molar refractivity (Wildman–Crippen MR) is 55.8 cm³/mol. The Bertz CT molecular complexity index is 389. The summed E-state index contributed by atoms with van der Waals surface area (Å²) in [6.07, 6.45) is -0.446. The molecule has 0 fully saturated rings. The molecule has 1 rings (SSSR count). The fraction of sp³-hybridized carbons (Fsp3) is 0.364. The average molecular weight is 228 g/mol. The molecule has 2 unspecified atom stereocenters. The Balaban J connectivity index is 3.01. The van der Waals surface area contributed by atoms with Gasteiger partial charge < -0.3 is 5.11 Å². The third-order valence-electron chi connectivity index (χ3n) is 2.27. The van der Waals surface area contributed by atoms with E-state index in [9.17, 15) is 9.50 Å². The fourth-order valence-electron chi connectivity index (χ4n) is 1.34. The van der Waals surface area contributed by atoms with Gasteiger partial charge >= 0.3 is 0 Å². The zero-order chi connectivity index (χ0) is 11.4. The maximum atomic E-state index is 12.7. The summed E-state index contributed by atoms with van der Waals surface area (Å²) in [6.45, 7) is 1.80. The van der Waals surface area contributed by atoms with Crippen molar-refractivity contribution in [2.24, 2.45) is 5.92 Å². The van der Waals surface area contributed by atoms with Gasteiger partial charge in [-0.3, -0.25) is 0 Å². The SMILES string of the molecule is CCC(C#N)C(O)c1ccc(F)cc1Cl. The first kappa shape index (κ1) is 12.0. The summed E-state index contributed by atoms with van der Waals surface area (Å²) in [6, 6.07) is 5.74. The van der Waals surface area contributed by atoms with Crippen LogP contribution in [0.5, 0.6) is 0 Å². The first-order valence-electron chi connectivity index (χ1n) is 4.62. The lowest BCUT2D eigenvalue weighted by Gasteiger charge is -2.16. The molecule has 0 spiro atoms. The summed E-state index contributed by atoms with van der Waals surface area (Å²) < 4.78 is 12.7. The van der Waals surface area contributed by atoms with Crippen LogP contribution in [0.3, 0.4) is 0 Å². The summed E-state index contributed by atoms with van der Waals surface area (Å²) in [7, 11) is 0. The summed E-state index contributed by atoms with van der Waals surface area (Å²) in [5.41, 5.74) is 0.395. The second kappa shape index (κ2) is 5.11. The minimum absolute atomic E-state index is 0.149. The lowest BCUT2D eigenvalue weighted by molar-refractivity contribution is 0.133. The molecule has 0 bridgehead atoms. The number of aliphatic hydroxyl groups is 1. The van der Waals surface area contributed by atoms with E-state index in [1.165, 1.54) is 12.1 Å². The van der Waals surface area contributed by atoms with Gasteiger partial charge in [0.1, 0.15) is 5.82 Å². The highest BCUT2D eigenvalue weighted by Gasteiger charge is 2.21. The Morgan fingerprint density at radius 2 is 2.27 bits per heavy atom. The van der Waals surface area contributed by atoms with Gasteiger partial charge in [0.25, 0.3) is 0 Å². The number of nitrogens with zero attached hydrogens (tertiary/aromatic N) is 1. The average Bonchev–Trinajstić information content (AvgIpc) is 2.19. The van der Waals surface area contributed by atoms with E-state index in [1.807, 2.05) is 6.07 Å². The van der Waals surface area contributed by atoms with E-state index in [-0.39, 0.29) is 5.02 Å². The monoisotopic (exact) mass is 227 g/mol. The van der Waals surface area contributed by atoms with Crippen molar-refractivity contribution >= 4 is 11.6 Å². The van der Waals surface area contributed by atoms with Gasteiger partial charge in [0.15, 0.2) is 0 Å². The zero-order valence-corrected chi connectivity index (χ0v) is 9.00. The van der Waals surface area contributed by atoms with Gasteiger partial charge in [-0.15, -0.1) is 0 Å². The van der Waals surface area contributed by atoms with Crippen LogP contribution in [0.25, 0.3) is 0 Å². The number of hydrogen-bond donors (Lipinski definition) is 1. The van der Waals surface area contributed by atoms with E-state index in [0.717, 1.165) is 6.07 Å². The maximum Gasteiger partial charge on any atom is 0.124 e. The van der Waals surface area contributed by atoms with Crippen molar-refractivity contribution < 1.29 is 9.50 Å². The highest BCUT2D eigenvalue weighted by atomic mass is 35.5. The molecular formula is C11H11ClFNO. The number of rotatable bonds is 3. The fourth-order valence-corrected chi connectivity index (χ4v) is 1.62. The molecule has 0 aliphatic heterocycles. The molecule has 1 aromatic rings. The topological polar surface area (TPSA) is 44.0 Å². The van der Waals surface area contributed by atoms with Gasteiger partial charge in [0, 0.05) is 10.6 Å². The van der Waals surface area contributed by atoms with Gasteiger partial charge in [-0.1, -0.05) is 24.6 Å². The van der Waals surface area contributed by atoms with E-state index in [2.05, 4.69) is 0 Å². The zero-order valence-electron chi connectivity index (χ0n) is 8.24. The van der Waals surface area contributed by atoms with Crippen LogP contribution in [0, 0.1) is 23.1 Å². The normalized spacial score (nSPS) is 14.3. The third kappa shape index (κ3) is 2.68. The van der Waals surface area contributed by atoms with Crippen LogP contribution < -0.4 is 0 Å². The van der Waals surface area contributed by atoms with Crippen molar-refractivity contribution in [1.82, 2.24) is 0 Å². The molecule has 0 amide bonds. The van der Waals surface area contributed by atoms with Crippen molar-refractivity contribution in [3.8, 4) is 6.07 Å². The number of aliphatic hydroxyl groups excluding tert-OH is 1. The summed E-state index contributed by atoms with van der Waals surface area (Å²) >= 11 is 5.77. The Morgan fingerprint density at radius 1 is 1.60 bits per heavy atom. The van der Waals surface area contributed by atoms with E-state index in [4.69, 9.17) is 16.9 Å². The van der Waals surface area contributed by atoms with Gasteiger partial charge in [-0.25, -0.2) is 4.39 Å². The molecule has 1 aromatic carbocycles. The highest BCUT2D eigenvalue weighted by Crippen LogP contribution is 2.30. The van der Waals surface area contributed by atoms with Crippen molar-refractivity contribution in [2.45, 2.75) is 19.4 Å². The van der Waals surface area contributed by atoms with Crippen LogP contribution in [0.2, 0.25) is 5.02 Å². The van der Waals surface area contributed by atoms with Crippen LogP contribution >= 0.6 is 11.6 Å². The Hall–Kier alpha value is -1.11. The molecular weight excluding hydrogens is 217 g/mol. The minimum Gasteiger partial charge on any atom is -0.387 e. The highest BCUT2D eigenvalue weighted by molar-refractivity contribution is 6.31. The van der Waals surface area contributed by atoms with Crippen LogP contribution in [0.15, 0.2) is 18.2 Å². The molecule has 0 aliphatic carbocycles. The number of hydrogen-bond acceptors (Lipinski definition) is 2. The Kier molecular flexibility index (Phi) is 4.07. The van der Waals surface area contributed by atoms with Gasteiger partial charge in [-0.05, 0) is 18.6 Å². The molecule has 2 atom stereocenters. The molecule has 0 saturated carbocycles. The molecule has 1 N–H and O–H groups in total. The molecule has 0 radical (unpaired) electrons. The Labute approximate surface area is 92.9 Å². The second-order valence-corrected chi connectivity index (χ2v) is 3.66. The third-order valence-corrected chi connectivity index (χ3v) is 2.60. The first-order valence-corrected chi connectivity index (χ1v) is 5.00. The molecule has 4 heteroatoms. The van der Waals surface area contributed by atoms with Crippen LogP contribution in [-0.4, -0.2) is 5.11 Å². The molecule has 80 valence electrons. The van der Waals surface area contributed by atoms with Crippen LogP contribution in [0.4, 0.5) is 4.39 Å². The predicted octanol–water partition coefficient (Wildman–Crippen LogP) is 3.06. The first-order chi connectivity index (χ1) is 7.10. The number of benzene rings is 1. The molecule has 0 saturated heterocycles. The Morgan fingerprint density at radius 3 is 2.73 bits per heavy atom. The lowest BCUT2D eigenvalue weighted by Crippen LogP contribution is -2.10. The quantitative estimate of drug-likeness (QED) is 0.863. The smallest absolute Gasteiger partial charge is 0.124 e. The van der Waals surface area contributed by atoms with E-state index < -0.39 is 17.8 Å². The van der Waals surface area contributed by atoms with Crippen molar-refractivity contribution in [2.75, 3.05) is 0 Å². The van der Waals surface area contributed by atoms with E-state index in [1.54, 1.807) is 6.92 Å². The number of halogens is 2. The number of nitriles is 1. The molecule has 0 aliphatic rings. The van der Waals surface area contributed by atoms with Crippen molar-refractivity contribution in [3.63, 3.8) is 0 Å². The standard InChI is InChI=1S/C11H11ClFNO/c1-2-7(6-14)11(15)9-4-3-8(13)5-10(9)12/h3-5,7,11,15H,2H2,1H3. The van der Waals surface area contributed by atoms with Gasteiger partial charge in [0.05, 0.1) is 18.1 Å². The molecule has 0 aromatic heterocycles. The lowest BCUT2D eigenvalue weighted by atomic mass is 9.95. The van der Waals surface area contributed by atoms with Gasteiger partial charge in [-0.2, -0.15) is 5.26 Å². The van der Waals surface area contributed by atoms with E-state index >= 15 is 0 Å². The molecule has 15 heavy (non-hydrogen) atoms. The van der Waals surface area contributed by atoms with Crippen molar-refractivity contribution in [3.05, 3.63) is 34.6 Å². The molecule has 0 heterocycles. The summed E-state index contributed by atoms with van der Waals surface area (Å²) in [4.78, 5) is 0. The molecule has 2 nitrogen and oxygen atoms in total. The van der Waals surface area contributed by atoms with Gasteiger partial charge in [0.2, 0.25) is 0 Å². The van der Waals surface area contributed by atoms with E-state index in [0.29, 0.717) is 12.0 Å². The summed E-state index contributed by atoms with van der Waals surface area (Å²) in [5, 5.41) is 18.7. The summed E-state index contributed by atoms with van der Waals surface area (Å²) in [5.74, 6) is -0.978. The second-order valence-electron chi connectivity index (χ2n) is 3.25. The van der Waals surface area contributed by atoms with Crippen molar-refractivity contribution in [1.29, 1.82) is 5.26 Å².